The Morgan fingerprint density at radius 2 is 1.41 bits per heavy atom. The van der Waals surface area contributed by atoms with Gasteiger partial charge in [-0.15, -0.1) is 0 Å². The van der Waals surface area contributed by atoms with Crippen LogP contribution in [0, 0.1) is 0 Å². The summed E-state index contributed by atoms with van der Waals surface area (Å²) in [6, 6.07) is 17.0. The average Bonchev–Trinajstić information content (AvgIpc) is 3.20. The normalized spacial score (nSPS) is 14.2. The fourth-order valence-electron chi connectivity index (χ4n) is 4.37. The molecule has 1 aromatic heterocycles. The first-order chi connectivity index (χ1) is 15.6. The topological polar surface area (TPSA) is 55.5 Å². The molecule has 2 aromatic carbocycles. The number of benzene rings is 2. The van der Waals surface area contributed by atoms with Crippen LogP contribution in [-0.4, -0.2) is 47.6 Å². The molecule has 3 aromatic rings. The van der Waals surface area contributed by atoms with Gasteiger partial charge >= 0.3 is 5.69 Å². The van der Waals surface area contributed by atoms with Crippen LogP contribution < -0.4 is 20.2 Å². The first kappa shape index (κ1) is 22.0. The molecule has 0 unspecified atom stereocenters. The van der Waals surface area contributed by atoms with Crippen molar-refractivity contribution in [1.29, 1.82) is 0 Å². The van der Waals surface area contributed by atoms with Crippen LogP contribution in [0.5, 0.6) is 5.75 Å². The first-order valence-electron chi connectivity index (χ1n) is 11.5. The molecule has 0 N–H and O–H groups in total. The number of hydrogen-bond donors (Lipinski definition) is 0. The number of aromatic nitrogens is 3. The molecule has 1 aliphatic rings. The van der Waals surface area contributed by atoms with Crippen molar-refractivity contribution in [3.63, 3.8) is 0 Å². The van der Waals surface area contributed by atoms with E-state index in [2.05, 4.69) is 65.1 Å². The Hall–Kier alpha value is -3.22. The first-order valence-corrected chi connectivity index (χ1v) is 11.5. The van der Waals surface area contributed by atoms with Crippen molar-refractivity contribution < 1.29 is 4.74 Å². The number of nitrogens with zero attached hydrogens (tertiary/aromatic N) is 5. The van der Waals surface area contributed by atoms with Gasteiger partial charge in [0.05, 0.1) is 19.7 Å². The van der Waals surface area contributed by atoms with Crippen molar-refractivity contribution in [2.45, 2.75) is 39.3 Å². The molecular weight excluding hydrogens is 402 g/mol. The van der Waals surface area contributed by atoms with Gasteiger partial charge in [-0.05, 0) is 54.8 Å². The summed E-state index contributed by atoms with van der Waals surface area (Å²) < 4.78 is 8.57. The van der Waals surface area contributed by atoms with Gasteiger partial charge in [0.1, 0.15) is 12.1 Å². The maximum atomic E-state index is 12.7. The summed E-state index contributed by atoms with van der Waals surface area (Å²) in [5.41, 5.74) is 3.54. The zero-order valence-electron chi connectivity index (χ0n) is 19.3. The van der Waals surface area contributed by atoms with E-state index in [4.69, 9.17) is 4.74 Å². The minimum Gasteiger partial charge on any atom is -0.497 e. The summed E-state index contributed by atoms with van der Waals surface area (Å²) in [5.74, 6) is 0.887. The maximum absolute atomic E-state index is 12.7. The molecule has 0 radical (unpaired) electrons. The number of piperazine rings is 1. The number of methoxy groups -OCH3 is 1. The maximum Gasteiger partial charge on any atom is 0.346 e. The van der Waals surface area contributed by atoms with E-state index in [9.17, 15) is 4.79 Å². The number of rotatable bonds is 8. The lowest BCUT2D eigenvalue weighted by Crippen LogP contribution is -2.46. The second kappa shape index (κ2) is 9.94. The largest absolute Gasteiger partial charge is 0.497 e. The van der Waals surface area contributed by atoms with E-state index in [-0.39, 0.29) is 11.7 Å². The molecule has 32 heavy (non-hydrogen) atoms. The Morgan fingerprint density at radius 3 is 1.91 bits per heavy atom. The quantitative estimate of drug-likeness (QED) is 0.539. The molecule has 0 atom stereocenters. The Kier molecular flexibility index (Phi) is 6.83. The van der Waals surface area contributed by atoms with Gasteiger partial charge in [0.2, 0.25) is 0 Å². The molecule has 0 amide bonds. The highest BCUT2D eigenvalue weighted by atomic mass is 16.5. The van der Waals surface area contributed by atoms with Crippen LogP contribution in [0.1, 0.15) is 38.3 Å². The summed E-state index contributed by atoms with van der Waals surface area (Å²) in [6.45, 7) is 8.66. The molecule has 7 nitrogen and oxygen atoms in total. The molecule has 7 heteroatoms. The summed E-state index contributed by atoms with van der Waals surface area (Å²) in [6.07, 6.45) is 3.48. The molecule has 0 aliphatic carbocycles. The minimum atomic E-state index is -0.0302. The van der Waals surface area contributed by atoms with E-state index in [0.29, 0.717) is 6.54 Å². The third-order valence-corrected chi connectivity index (χ3v) is 6.42. The standard InChI is InChI=1S/C25H33N5O2/c1-4-21(5-2)30-25(31)29(19-26-30)18-20-6-8-22(9-7-20)27-14-16-28(17-15-27)23-10-12-24(32-3)13-11-23/h6-13,19,21H,4-5,14-18H2,1-3H3. The van der Waals surface area contributed by atoms with Crippen molar-refractivity contribution in [3.8, 4) is 5.75 Å². The van der Waals surface area contributed by atoms with Gasteiger partial charge < -0.3 is 14.5 Å². The third kappa shape index (κ3) is 4.66. The summed E-state index contributed by atoms with van der Waals surface area (Å²) in [4.78, 5) is 17.5. The van der Waals surface area contributed by atoms with Crippen LogP contribution >= 0.6 is 0 Å². The smallest absolute Gasteiger partial charge is 0.346 e. The number of ether oxygens (including phenoxy) is 1. The van der Waals surface area contributed by atoms with Gasteiger partial charge in [0, 0.05) is 37.6 Å². The van der Waals surface area contributed by atoms with Crippen LogP contribution in [0.15, 0.2) is 59.7 Å². The molecule has 1 saturated heterocycles. The second-order valence-electron chi connectivity index (χ2n) is 8.29. The summed E-state index contributed by atoms with van der Waals surface area (Å²) in [7, 11) is 1.69. The molecule has 4 rings (SSSR count). The third-order valence-electron chi connectivity index (χ3n) is 6.42. The molecule has 0 saturated carbocycles. The predicted octanol–water partition coefficient (Wildman–Crippen LogP) is 3.79. The van der Waals surface area contributed by atoms with Crippen LogP contribution in [0.4, 0.5) is 11.4 Å². The highest BCUT2D eigenvalue weighted by molar-refractivity contribution is 5.53. The molecule has 0 spiro atoms. The predicted molar refractivity (Wildman–Crippen MR) is 129 cm³/mol. The SMILES string of the molecule is CCC(CC)n1ncn(Cc2ccc(N3CCN(c4ccc(OC)cc4)CC3)cc2)c1=O. The minimum absolute atomic E-state index is 0.0302. The highest BCUT2D eigenvalue weighted by Gasteiger charge is 2.18. The van der Waals surface area contributed by atoms with Crippen molar-refractivity contribution in [2.75, 3.05) is 43.1 Å². The summed E-state index contributed by atoms with van der Waals surface area (Å²) >= 11 is 0. The van der Waals surface area contributed by atoms with Gasteiger partial charge in [0.25, 0.3) is 0 Å². The van der Waals surface area contributed by atoms with Crippen molar-refractivity contribution in [3.05, 3.63) is 70.9 Å². The van der Waals surface area contributed by atoms with E-state index in [1.807, 2.05) is 12.1 Å². The lowest BCUT2D eigenvalue weighted by Gasteiger charge is -2.37. The molecule has 170 valence electrons. The van der Waals surface area contributed by atoms with E-state index < -0.39 is 0 Å². The Bertz CT molecular complexity index is 1040. The Labute approximate surface area is 189 Å². The van der Waals surface area contributed by atoms with Gasteiger partial charge in [-0.25, -0.2) is 9.48 Å². The Balaban J connectivity index is 1.36. The fourth-order valence-corrected chi connectivity index (χ4v) is 4.37. The second-order valence-corrected chi connectivity index (χ2v) is 8.29. The number of hydrogen-bond acceptors (Lipinski definition) is 5. The van der Waals surface area contributed by atoms with Gasteiger partial charge in [0.15, 0.2) is 0 Å². The lowest BCUT2D eigenvalue weighted by molar-refractivity contribution is 0.412. The molecule has 2 heterocycles. The molecule has 0 bridgehead atoms. The highest BCUT2D eigenvalue weighted by Crippen LogP contribution is 2.23. The van der Waals surface area contributed by atoms with Crippen LogP contribution in [0.2, 0.25) is 0 Å². The van der Waals surface area contributed by atoms with E-state index >= 15 is 0 Å². The van der Waals surface area contributed by atoms with E-state index in [1.54, 1.807) is 22.7 Å². The zero-order chi connectivity index (χ0) is 22.5. The monoisotopic (exact) mass is 435 g/mol. The molecule has 1 fully saturated rings. The lowest BCUT2D eigenvalue weighted by atomic mass is 10.1. The zero-order valence-corrected chi connectivity index (χ0v) is 19.3. The van der Waals surface area contributed by atoms with Crippen LogP contribution in [0.25, 0.3) is 0 Å². The van der Waals surface area contributed by atoms with Crippen molar-refractivity contribution >= 4 is 11.4 Å². The molecule has 1 aliphatic heterocycles. The van der Waals surface area contributed by atoms with E-state index in [1.165, 1.54) is 11.4 Å². The Morgan fingerprint density at radius 1 is 0.875 bits per heavy atom. The van der Waals surface area contributed by atoms with Gasteiger partial charge in [-0.2, -0.15) is 5.10 Å². The van der Waals surface area contributed by atoms with Crippen LogP contribution in [-0.2, 0) is 6.54 Å². The summed E-state index contributed by atoms with van der Waals surface area (Å²) in [5, 5.41) is 4.33. The van der Waals surface area contributed by atoms with Gasteiger partial charge in [-0.3, -0.25) is 4.57 Å². The average molecular weight is 436 g/mol. The van der Waals surface area contributed by atoms with Crippen molar-refractivity contribution in [2.24, 2.45) is 0 Å². The van der Waals surface area contributed by atoms with Gasteiger partial charge in [-0.1, -0.05) is 26.0 Å². The van der Waals surface area contributed by atoms with Crippen molar-refractivity contribution in [1.82, 2.24) is 14.3 Å². The number of anilines is 2. The van der Waals surface area contributed by atoms with Crippen LogP contribution in [0.3, 0.4) is 0 Å². The van der Waals surface area contributed by atoms with E-state index in [0.717, 1.165) is 50.3 Å². The molecular formula is C25H33N5O2. The fraction of sp³-hybridized carbons (Fsp3) is 0.440.